The number of aromatic nitrogens is 2. The molecule has 0 fully saturated rings. The third-order valence-corrected chi connectivity index (χ3v) is 3.63. The summed E-state index contributed by atoms with van der Waals surface area (Å²) in [5.74, 6) is 0.00413. The minimum Gasteiger partial charge on any atom is -0.282 e. The average Bonchev–Trinajstić information content (AvgIpc) is 3.05. The van der Waals surface area contributed by atoms with Crippen LogP contribution in [0.2, 0.25) is 0 Å². The number of thiophene rings is 1. The van der Waals surface area contributed by atoms with Gasteiger partial charge < -0.3 is 0 Å². The molecular formula is C13H16N4OS. The van der Waals surface area contributed by atoms with Crippen LogP contribution in [0, 0.1) is 0 Å². The molecule has 0 saturated heterocycles. The van der Waals surface area contributed by atoms with E-state index in [0.717, 1.165) is 16.3 Å². The molecule has 0 aliphatic carbocycles. The van der Waals surface area contributed by atoms with Gasteiger partial charge in [-0.15, -0.1) is 11.3 Å². The maximum absolute atomic E-state index is 11.9. The Morgan fingerprint density at radius 2 is 2.32 bits per heavy atom. The van der Waals surface area contributed by atoms with Crippen molar-refractivity contribution in [1.82, 2.24) is 15.6 Å². The van der Waals surface area contributed by atoms with Crippen molar-refractivity contribution < 1.29 is 4.79 Å². The Kier molecular flexibility index (Phi) is 4.11. The molecule has 0 bridgehead atoms. The molecule has 2 heterocycles. The number of nitrogens with zero attached hydrogens (tertiary/aromatic N) is 2. The van der Waals surface area contributed by atoms with Crippen LogP contribution < -0.4 is 5.43 Å². The summed E-state index contributed by atoms with van der Waals surface area (Å²) in [7, 11) is 0. The van der Waals surface area contributed by atoms with Gasteiger partial charge in [0.1, 0.15) is 0 Å². The van der Waals surface area contributed by atoms with E-state index in [9.17, 15) is 4.79 Å². The van der Waals surface area contributed by atoms with Crippen LogP contribution in [0.4, 0.5) is 0 Å². The predicted octanol–water partition coefficient (Wildman–Crippen LogP) is 2.75. The van der Waals surface area contributed by atoms with Crippen molar-refractivity contribution in [2.45, 2.75) is 26.7 Å². The largest absolute Gasteiger partial charge is 0.291 e. The van der Waals surface area contributed by atoms with E-state index in [-0.39, 0.29) is 5.91 Å². The first kappa shape index (κ1) is 13.5. The van der Waals surface area contributed by atoms with Crippen molar-refractivity contribution in [2.24, 2.45) is 5.10 Å². The van der Waals surface area contributed by atoms with Crippen LogP contribution in [-0.2, 0) is 0 Å². The highest BCUT2D eigenvalue weighted by Gasteiger charge is 2.11. The molecule has 19 heavy (non-hydrogen) atoms. The number of hydrogen-bond acceptors (Lipinski definition) is 4. The van der Waals surface area contributed by atoms with Gasteiger partial charge in [0.25, 0.3) is 5.91 Å². The lowest BCUT2D eigenvalue weighted by Gasteiger charge is -1.98. The first-order chi connectivity index (χ1) is 9.08. The fourth-order valence-corrected chi connectivity index (χ4v) is 2.16. The normalized spacial score (nSPS) is 11.9. The zero-order valence-electron chi connectivity index (χ0n) is 11.1. The van der Waals surface area contributed by atoms with Crippen molar-refractivity contribution in [3.05, 3.63) is 39.8 Å². The van der Waals surface area contributed by atoms with Crippen LogP contribution in [0.3, 0.4) is 0 Å². The van der Waals surface area contributed by atoms with Gasteiger partial charge in [-0.2, -0.15) is 10.2 Å². The topological polar surface area (TPSA) is 70.1 Å². The number of carbonyl (C=O) groups excluding carboxylic acids is 1. The van der Waals surface area contributed by atoms with Crippen LogP contribution in [0.5, 0.6) is 0 Å². The molecule has 0 radical (unpaired) electrons. The Balaban J connectivity index is 2.03. The van der Waals surface area contributed by atoms with Gasteiger partial charge >= 0.3 is 0 Å². The molecule has 1 amide bonds. The van der Waals surface area contributed by atoms with Gasteiger partial charge in [-0.1, -0.05) is 19.9 Å². The molecule has 2 aromatic heterocycles. The van der Waals surface area contributed by atoms with E-state index in [1.165, 1.54) is 0 Å². The molecule has 0 aliphatic rings. The molecule has 0 aliphatic heterocycles. The average molecular weight is 276 g/mol. The maximum Gasteiger partial charge on any atom is 0.291 e. The highest BCUT2D eigenvalue weighted by Crippen LogP contribution is 2.12. The van der Waals surface area contributed by atoms with E-state index in [1.54, 1.807) is 17.4 Å². The van der Waals surface area contributed by atoms with Gasteiger partial charge in [0.05, 0.1) is 5.71 Å². The molecule has 6 heteroatoms. The second-order valence-electron chi connectivity index (χ2n) is 4.48. The number of amides is 1. The van der Waals surface area contributed by atoms with Gasteiger partial charge in [-0.05, 0) is 30.4 Å². The van der Waals surface area contributed by atoms with E-state index < -0.39 is 0 Å². The molecule has 0 aromatic carbocycles. The monoisotopic (exact) mass is 276 g/mol. The molecule has 2 rings (SSSR count). The van der Waals surface area contributed by atoms with Gasteiger partial charge in [0.15, 0.2) is 5.69 Å². The van der Waals surface area contributed by atoms with Crippen molar-refractivity contribution in [2.75, 3.05) is 0 Å². The van der Waals surface area contributed by atoms with Gasteiger partial charge in [-0.25, -0.2) is 5.43 Å². The SMILES string of the molecule is CC(=NNC(=O)c1cc(C(C)C)[nH]n1)c1cccs1. The summed E-state index contributed by atoms with van der Waals surface area (Å²) in [6.07, 6.45) is 0. The standard InChI is InChI=1S/C13H16N4OS/c1-8(2)10-7-11(16-15-10)13(18)17-14-9(3)12-5-4-6-19-12/h4-8H,1-3H3,(H,15,16)(H,17,18). The van der Waals surface area contributed by atoms with Crippen LogP contribution >= 0.6 is 11.3 Å². The van der Waals surface area contributed by atoms with Gasteiger partial charge in [0.2, 0.25) is 0 Å². The number of H-pyrrole nitrogens is 1. The molecule has 0 saturated carbocycles. The molecule has 0 unspecified atom stereocenters. The fraction of sp³-hybridized carbons (Fsp3) is 0.308. The smallest absolute Gasteiger partial charge is 0.282 e. The summed E-state index contributed by atoms with van der Waals surface area (Å²) in [5.41, 5.74) is 4.58. The third-order valence-electron chi connectivity index (χ3n) is 2.66. The summed E-state index contributed by atoms with van der Waals surface area (Å²) < 4.78 is 0. The molecule has 5 nitrogen and oxygen atoms in total. The summed E-state index contributed by atoms with van der Waals surface area (Å²) >= 11 is 1.58. The van der Waals surface area contributed by atoms with Gasteiger partial charge in [-0.3, -0.25) is 9.89 Å². The number of carbonyl (C=O) groups is 1. The summed E-state index contributed by atoms with van der Waals surface area (Å²) in [6.45, 7) is 5.93. The number of aromatic amines is 1. The number of hydrazone groups is 1. The van der Waals surface area contributed by atoms with E-state index in [2.05, 4.69) is 20.7 Å². The Bertz CT molecular complexity index is 584. The Morgan fingerprint density at radius 3 is 2.89 bits per heavy atom. The summed E-state index contributed by atoms with van der Waals surface area (Å²) in [4.78, 5) is 12.9. The fourth-order valence-electron chi connectivity index (χ4n) is 1.48. The van der Waals surface area contributed by atoms with Crippen molar-refractivity contribution in [3.63, 3.8) is 0 Å². The minimum atomic E-state index is -0.306. The Labute approximate surface area is 115 Å². The summed E-state index contributed by atoms with van der Waals surface area (Å²) in [6, 6.07) is 5.65. The quantitative estimate of drug-likeness (QED) is 0.666. The lowest BCUT2D eigenvalue weighted by molar-refractivity contribution is 0.0950. The second kappa shape index (κ2) is 5.79. The highest BCUT2D eigenvalue weighted by molar-refractivity contribution is 7.12. The molecule has 0 atom stereocenters. The van der Waals surface area contributed by atoms with Crippen molar-refractivity contribution >= 4 is 23.0 Å². The Hall–Kier alpha value is -1.95. The van der Waals surface area contributed by atoms with Crippen LogP contribution in [0.25, 0.3) is 0 Å². The first-order valence-corrected chi connectivity index (χ1v) is 6.89. The number of hydrogen-bond donors (Lipinski definition) is 2. The first-order valence-electron chi connectivity index (χ1n) is 6.01. The maximum atomic E-state index is 11.9. The lowest BCUT2D eigenvalue weighted by Crippen LogP contribution is -2.19. The van der Waals surface area contributed by atoms with Crippen LogP contribution in [-0.4, -0.2) is 21.8 Å². The highest BCUT2D eigenvalue weighted by atomic mass is 32.1. The van der Waals surface area contributed by atoms with Crippen molar-refractivity contribution in [3.8, 4) is 0 Å². The van der Waals surface area contributed by atoms with E-state index in [0.29, 0.717) is 11.6 Å². The predicted molar refractivity (Wildman–Crippen MR) is 76.7 cm³/mol. The molecule has 100 valence electrons. The number of rotatable bonds is 4. The van der Waals surface area contributed by atoms with E-state index in [4.69, 9.17) is 0 Å². The van der Waals surface area contributed by atoms with Crippen molar-refractivity contribution in [1.29, 1.82) is 0 Å². The number of nitrogens with one attached hydrogen (secondary N) is 2. The zero-order valence-corrected chi connectivity index (χ0v) is 11.9. The Morgan fingerprint density at radius 1 is 1.53 bits per heavy atom. The second-order valence-corrected chi connectivity index (χ2v) is 5.43. The van der Waals surface area contributed by atoms with Crippen LogP contribution in [0.15, 0.2) is 28.7 Å². The van der Waals surface area contributed by atoms with E-state index in [1.807, 2.05) is 38.3 Å². The lowest BCUT2D eigenvalue weighted by atomic mass is 10.1. The molecule has 0 spiro atoms. The third kappa shape index (κ3) is 3.29. The minimum absolute atomic E-state index is 0.306. The van der Waals surface area contributed by atoms with Gasteiger partial charge in [0, 0.05) is 10.6 Å². The zero-order chi connectivity index (χ0) is 13.8. The molecular weight excluding hydrogens is 260 g/mol. The summed E-state index contributed by atoms with van der Waals surface area (Å²) in [5, 5.41) is 12.9. The molecule has 2 aromatic rings. The molecule has 2 N–H and O–H groups in total. The van der Waals surface area contributed by atoms with Crippen LogP contribution in [0.1, 0.15) is 47.7 Å². The van der Waals surface area contributed by atoms with E-state index >= 15 is 0 Å².